The van der Waals surface area contributed by atoms with Crippen LogP contribution in [0.25, 0.3) is 22.5 Å². The molecule has 0 amide bonds. The largest absolute Gasteiger partial charge is 0.416 e. The molecule has 1 aromatic carbocycles. The first kappa shape index (κ1) is 15.5. The summed E-state index contributed by atoms with van der Waals surface area (Å²) < 4.78 is 40.8. The lowest BCUT2D eigenvalue weighted by molar-refractivity contribution is -0.137. The van der Waals surface area contributed by atoms with Crippen molar-refractivity contribution in [2.24, 2.45) is 7.05 Å². The number of aryl methyl sites for hydroxylation is 1. The lowest BCUT2D eigenvalue weighted by Gasteiger charge is -2.13. The number of halogens is 4. The van der Waals surface area contributed by atoms with Crippen LogP contribution in [0.1, 0.15) is 5.56 Å². The Labute approximate surface area is 134 Å². The summed E-state index contributed by atoms with van der Waals surface area (Å²) in [4.78, 5) is 3.86. The number of hydrogen-bond donors (Lipinski definition) is 0. The molecule has 3 rings (SSSR count). The zero-order valence-electron chi connectivity index (χ0n) is 11.8. The quantitative estimate of drug-likeness (QED) is 0.657. The maximum absolute atomic E-state index is 13.0. The van der Waals surface area contributed by atoms with Gasteiger partial charge in [-0.3, -0.25) is 0 Å². The van der Waals surface area contributed by atoms with E-state index in [0.29, 0.717) is 22.5 Å². The SMILES string of the molecule is Cn1cnnc1-c1ccc(C(F)(F)F)cc1-c1ccnc(Cl)c1. The Bertz CT molecular complexity index is 858. The van der Waals surface area contributed by atoms with Gasteiger partial charge in [0.2, 0.25) is 0 Å². The maximum Gasteiger partial charge on any atom is 0.416 e. The minimum absolute atomic E-state index is 0.198. The molecular weight excluding hydrogens is 329 g/mol. The second-order valence-corrected chi connectivity index (χ2v) is 5.28. The molecule has 0 saturated carbocycles. The number of alkyl halides is 3. The van der Waals surface area contributed by atoms with E-state index in [9.17, 15) is 13.2 Å². The highest BCUT2D eigenvalue weighted by atomic mass is 35.5. The predicted octanol–water partition coefficient (Wildman–Crippen LogP) is 4.22. The normalized spacial score (nSPS) is 11.7. The van der Waals surface area contributed by atoms with Crippen LogP contribution >= 0.6 is 11.6 Å². The molecule has 2 heterocycles. The van der Waals surface area contributed by atoms with Crippen LogP contribution in [-0.2, 0) is 13.2 Å². The number of aromatic nitrogens is 4. The van der Waals surface area contributed by atoms with E-state index in [2.05, 4.69) is 15.2 Å². The van der Waals surface area contributed by atoms with E-state index < -0.39 is 11.7 Å². The van der Waals surface area contributed by atoms with Crippen LogP contribution in [0.15, 0.2) is 42.9 Å². The molecule has 0 atom stereocenters. The van der Waals surface area contributed by atoms with Crippen LogP contribution in [0, 0.1) is 0 Å². The standard InChI is InChI=1S/C15H10ClF3N4/c1-23-8-21-22-14(23)11-3-2-10(15(17,18)19)7-12(11)9-4-5-20-13(16)6-9/h2-8H,1H3. The van der Waals surface area contributed by atoms with Gasteiger partial charge < -0.3 is 4.57 Å². The van der Waals surface area contributed by atoms with E-state index in [4.69, 9.17) is 11.6 Å². The molecule has 0 radical (unpaired) electrons. The third-order valence-electron chi connectivity index (χ3n) is 3.34. The second kappa shape index (κ2) is 5.66. The number of nitrogens with zero attached hydrogens (tertiary/aromatic N) is 4. The summed E-state index contributed by atoms with van der Waals surface area (Å²) in [6, 6.07) is 6.60. The molecule has 8 heteroatoms. The van der Waals surface area contributed by atoms with Gasteiger partial charge in [0, 0.05) is 18.8 Å². The number of benzene rings is 1. The van der Waals surface area contributed by atoms with E-state index in [1.165, 1.54) is 24.7 Å². The Hall–Kier alpha value is -2.41. The van der Waals surface area contributed by atoms with E-state index >= 15 is 0 Å². The van der Waals surface area contributed by atoms with E-state index in [1.807, 2.05) is 0 Å². The molecule has 2 aromatic heterocycles. The van der Waals surface area contributed by atoms with Gasteiger partial charge in [0.1, 0.15) is 11.5 Å². The summed E-state index contributed by atoms with van der Waals surface area (Å²) >= 11 is 5.87. The molecule has 0 unspecified atom stereocenters. The van der Waals surface area contributed by atoms with Crippen molar-refractivity contribution in [2.75, 3.05) is 0 Å². The molecule has 0 spiro atoms. The average Bonchev–Trinajstić information content (AvgIpc) is 2.92. The third kappa shape index (κ3) is 3.05. The zero-order valence-corrected chi connectivity index (χ0v) is 12.6. The van der Waals surface area contributed by atoms with Crippen molar-refractivity contribution in [2.45, 2.75) is 6.18 Å². The topological polar surface area (TPSA) is 43.6 Å². The lowest BCUT2D eigenvalue weighted by Crippen LogP contribution is -2.06. The Morgan fingerprint density at radius 1 is 1.09 bits per heavy atom. The molecule has 0 N–H and O–H groups in total. The molecule has 0 aliphatic heterocycles. The van der Waals surface area contributed by atoms with Gasteiger partial charge in [-0.15, -0.1) is 10.2 Å². The number of pyridine rings is 1. The van der Waals surface area contributed by atoms with Gasteiger partial charge in [-0.1, -0.05) is 11.6 Å². The molecule has 118 valence electrons. The van der Waals surface area contributed by atoms with Crippen LogP contribution < -0.4 is 0 Å². The molecule has 4 nitrogen and oxygen atoms in total. The highest BCUT2D eigenvalue weighted by Gasteiger charge is 2.31. The summed E-state index contributed by atoms with van der Waals surface area (Å²) in [5.74, 6) is 0.460. The average molecular weight is 339 g/mol. The first-order valence-corrected chi connectivity index (χ1v) is 6.91. The van der Waals surface area contributed by atoms with Crippen LogP contribution in [-0.4, -0.2) is 19.7 Å². The predicted molar refractivity (Wildman–Crippen MR) is 79.7 cm³/mol. The first-order chi connectivity index (χ1) is 10.9. The Balaban J connectivity index is 2.26. The Morgan fingerprint density at radius 2 is 1.87 bits per heavy atom. The van der Waals surface area contributed by atoms with Gasteiger partial charge in [0.05, 0.1) is 5.56 Å². The summed E-state index contributed by atoms with van der Waals surface area (Å²) in [6.07, 6.45) is -1.52. The van der Waals surface area contributed by atoms with Crippen molar-refractivity contribution in [3.63, 3.8) is 0 Å². The number of hydrogen-bond acceptors (Lipinski definition) is 3. The van der Waals surface area contributed by atoms with Gasteiger partial charge >= 0.3 is 6.18 Å². The van der Waals surface area contributed by atoms with Crippen LogP contribution in [0.5, 0.6) is 0 Å². The van der Waals surface area contributed by atoms with Crippen molar-refractivity contribution < 1.29 is 13.2 Å². The van der Waals surface area contributed by atoms with Crippen LogP contribution in [0.3, 0.4) is 0 Å². The highest BCUT2D eigenvalue weighted by molar-refractivity contribution is 6.29. The van der Waals surface area contributed by atoms with E-state index in [-0.39, 0.29) is 5.15 Å². The smallest absolute Gasteiger partial charge is 0.317 e. The van der Waals surface area contributed by atoms with Crippen LogP contribution in [0.4, 0.5) is 13.2 Å². The molecule has 3 aromatic rings. The third-order valence-corrected chi connectivity index (χ3v) is 3.54. The molecule has 0 aliphatic rings. The van der Waals surface area contributed by atoms with Crippen molar-refractivity contribution in [3.8, 4) is 22.5 Å². The summed E-state index contributed by atoms with van der Waals surface area (Å²) in [7, 11) is 1.72. The first-order valence-electron chi connectivity index (χ1n) is 6.54. The second-order valence-electron chi connectivity index (χ2n) is 4.89. The van der Waals surface area contributed by atoms with Crippen molar-refractivity contribution in [3.05, 3.63) is 53.6 Å². The summed E-state index contributed by atoms with van der Waals surface area (Å²) in [5, 5.41) is 7.94. The fourth-order valence-electron chi connectivity index (χ4n) is 2.25. The molecular formula is C15H10ClF3N4. The van der Waals surface area contributed by atoms with Gasteiger partial charge in [0.25, 0.3) is 0 Å². The van der Waals surface area contributed by atoms with Crippen molar-refractivity contribution >= 4 is 11.6 Å². The van der Waals surface area contributed by atoms with E-state index in [1.54, 1.807) is 17.7 Å². The van der Waals surface area contributed by atoms with Gasteiger partial charge in [0.15, 0.2) is 5.82 Å². The van der Waals surface area contributed by atoms with E-state index in [0.717, 1.165) is 12.1 Å². The monoisotopic (exact) mass is 338 g/mol. The molecule has 0 bridgehead atoms. The molecule has 0 aliphatic carbocycles. The summed E-state index contributed by atoms with van der Waals surface area (Å²) in [5.41, 5.74) is 0.668. The van der Waals surface area contributed by atoms with Gasteiger partial charge in [-0.25, -0.2) is 4.98 Å². The number of rotatable bonds is 2. The maximum atomic E-state index is 13.0. The van der Waals surface area contributed by atoms with Gasteiger partial charge in [-0.2, -0.15) is 13.2 Å². The molecule has 23 heavy (non-hydrogen) atoms. The van der Waals surface area contributed by atoms with Crippen molar-refractivity contribution in [1.82, 2.24) is 19.7 Å². The minimum atomic E-state index is -4.44. The minimum Gasteiger partial charge on any atom is -0.317 e. The van der Waals surface area contributed by atoms with Gasteiger partial charge in [-0.05, 0) is 41.5 Å². The zero-order chi connectivity index (χ0) is 16.6. The Kier molecular flexibility index (Phi) is 3.81. The Morgan fingerprint density at radius 3 is 2.48 bits per heavy atom. The van der Waals surface area contributed by atoms with Crippen LogP contribution in [0.2, 0.25) is 5.15 Å². The summed E-state index contributed by atoms with van der Waals surface area (Å²) in [6.45, 7) is 0. The highest BCUT2D eigenvalue weighted by Crippen LogP contribution is 2.37. The molecule has 0 saturated heterocycles. The fraction of sp³-hybridized carbons (Fsp3) is 0.133. The fourth-order valence-corrected chi connectivity index (χ4v) is 2.43. The van der Waals surface area contributed by atoms with Crippen molar-refractivity contribution in [1.29, 1.82) is 0 Å². The lowest BCUT2D eigenvalue weighted by atomic mass is 9.97. The molecule has 0 fully saturated rings.